The molecule has 7 heteroatoms. The molecule has 4 rings (SSSR count). The topological polar surface area (TPSA) is 61.5 Å². The molecular weight excluding hydrogens is 320 g/mol. The van der Waals surface area contributed by atoms with Gasteiger partial charge < -0.3 is 9.47 Å². The maximum Gasteiger partial charge on any atom is 0.346 e. The number of benzene rings is 1. The van der Waals surface area contributed by atoms with E-state index in [1.54, 1.807) is 18.9 Å². The smallest absolute Gasteiger partial charge is 0.346 e. The third kappa shape index (κ3) is 3.28. The van der Waals surface area contributed by atoms with Gasteiger partial charge in [0.25, 0.3) is 0 Å². The third-order valence-corrected chi connectivity index (χ3v) is 5.01. The molecule has 0 amide bonds. The number of methoxy groups -OCH3 is 2. The molecule has 134 valence electrons. The first-order valence-electron chi connectivity index (χ1n) is 8.77. The van der Waals surface area contributed by atoms with Crippen molar-refractivity contribution in [3.63, 3.8) is 0 Å². The lowest BCUT2D eigenvalue weighted by Gasteiger charge is -2.27. The van der Waals surface area contributed by atoms with Crippen molar-refractivity contribution >= 4 is 0 Å². The fourth-order valence-electron chi connectivity index (χ4n) is 3.39. The van der Waals surface area contributed by atoms with Crippen LogP contribution in [0.5, 0.6) is 11.5 Å². The molecule has 2 heterocycles. The maximum atomic E-state index is 12.4. The Morgan fingerprint density at radius 2 is 2.04 bits per heavy atom. The Labute approximate surface area is 146 Å². The van der Waals surface area contributed by atoms with Gasteiger partial charge in [-0.1, -0.05) is 0 Å². The molecule has 2 aliphatic rings. The third-order valence-electron chi connectivity index (χ3n) is 5.01. The summed E-state index contributed by atoms with van der Waals surface area (Å²) in [6, 6.07) is 5.83. The van der Waals surface area contributed by atoms with Gasteiger partial charge in [0.1, 0.15) is 17.3 Å². The molecule has 1 saturated carbocycles. The number of hydrogen-bond donors (Lipinski definition) is 0. The van der Waals surface area contributed by atoms with Gasteiger partial charge in [0, 0.05) is 31.7 Å². The number of nitrogens with zero attached hydrogens (tertiary/aromatic N) is 4. The SMILES string of the molecule is COc1ccc(OC)c(CN2CCn3c(nn(CC4CC4)c3=O)C2)c1. The minimum atomic E-state index is 0.0421. The molecule has 2 aromatic rings. The highest BCUT2D eigenvalue weighted by Crippen LogP contribution is 2.30. The van der Waals surface area contributed by atoms with Crippen LogP contribution in [0, 0.1) is 5.92 Å². The Hall–Kier alpha value is -2.28. The van der Waals surface area contributed by atoms with Crippen LogP contribution in [0.4, 0.5) is 0 Å². The van der Waals surface area contributed by atoms with Crippen molar-refractivity contribution in [2.24, 2.45) is 5.92 Å². The van der Waals surface area contributed by atoms with E-state index in [2.05, 4.69) is 10.00 Å². The molecule has 0 unspecified atom stereocenters. The summed E-state index contributed by atoms with van der Waals surface area (Å²) in [6.45, 7) is 3.69. The van der Waals surface area contributed by atoms with E-state index in [1.807, 2.05) is 22.8 Å². The van der Waals surface area contributed by atoms with Crippen LogP contribution in [0.1, 0.15) is 24.2 Å². The van der Waals surface area contributed by atoms with Gasteiger partial charge in [0.2, 0.25) is 0 Å². The molecule has 0 radical (unpaired) electrons. The fourth-order valence-corrected chi connectivity index (χ4v) is 3.39. The molecule has 0 bridgehead atoms. The zero-order valence-electron chi connectivity index (χ0n) is 14.8. The predicted octanol–water partition coefficient (Wildman–Crippen LogP) is 1.49. The largest absolute Gasteiger partial charge is 0.497 e. The predicted molar refractivity (Wildman–Crippen MR) is 92.9 cm³/mol. The minimum absolute atomic E-state index is 0.0421. The second-order valence-corrected chi connectivity index (χ2v) is 6.86. The van der Waals surface area contributed by atoms with Crippen LogP contribution < -0.4 is 15.2 Å². The summed E-state index contributed by atoms with van der Waals surface area (Å²) >= 11 is 0. The van der Waals surface area contributed by atoms with E-state index in [4.69, 9.17) is 9.47 Å². The molecule has 1 aromatic carbocycles. The molecule has 7 nitrogen and oxygen atoms in total. The highest BCUT2D eigenvalue weighted by atomic mass is 16.5. The molecule has 25 heavy (non-hydrogen) atoms. The molecule has 1 fully saturated rings. The lowest BCUT2D eigenvalue weighted by Crippen LogP contribution is -2.37. The van der Waals surface area contributed by atoms with Crippen LogP contribution in [0.3, 0.4) is 0 Å². The number of rotatable bonds is 6. The summed E-state index contributed by atoms with van der Waals surface area (Å²) < 4.78 is 14.3. The normalized spacial score (nSPS) is 17.4. The first-order valence-corrected chi connectivity index (χ1v) is 8.77. The van der Waals surface area contributed by atoms with E-state index in [1.165, 1.54) is 12.8 Å². The molecule has 1 aromatic heterocycles. The van der Waals surface area contributed by atoms with Crippen molar-refractivity contribution in [2.75, 3.05) is 20.8 Å². The van der Waals surface area contributed by atoms with Crippen LogP contribution in [0.15, 0.2) is 23.0 Å². The Bertz CT molecular complexity index is 822. The van der Waals surface area contributed by atoms with E-state index in [0.29, 0.717) is 19.0 Å². The van der Waals surface area contributed by atoms with Gasteiger partial charge in [-0.2, -0.15) is 5.10 Å². The summed E-state index contributed by atoms with van der Waals surface area (Å²) in [5, 5.41) is 4.57. The Kier molecular flexibility index (Phi) is 4.25. The number of ether oxygens (including phenoxy) is 2. The highest BCUT2D eigenvalue weighted by molar-refractivity contribution is 5.40. The van der Waals surface area contributed by atoms with Crippen molar-refractivity contribution in [2.45, 2.75) is 39.0 Å². The van der Waals surface area contributed by atoms with E-state index < -0.39 is 0 Å². The average molecular weight is 344 g/mol. The standard InChI is InChI=1S/C18H24N4O3/c1-24-15-5-6-16(25-2)14(9-15)11-20-7-8-21-17(12-20)19-22(18(21)23)10-13-3-4-13/h5-6,9,13H,3-4,7-8,10-12H2,1-2H3. The second-order valence-electron chi connectivity index (χ2n) is 6.86. The van der Waals surface area contributed by atoms with E-state index in [0.717, 1.165) is 42.5 Å². The quantitative estimate of drug-likeness (QED) is 0.794. The van der Waals surface area contributed by atoms with Crippen LogP contribution >= 0.6 is 0 Å². The second kappa shape index (κ2) is 6.55. The van der Waals surface area contributed by atoms with Gasteiger partial charge in [-0.25, -0.2) is 9.48 Å². The van der Waals surface area contributed by atoms with Crippen LogP contribution in [-0.4, -0.2) is 40.0 Å². The summed E-state index contributed by atoms with van der Waals surface area (Å²) in [4.78, 5) is 14.7. The molecule has 1 aliphatic carbocycles. The van der Waals surface area contributed by atoms with Gasteiger partial charge in [-0.15, -0.1) is 0 Å². The molecule has 0 atom stereocenters. The monoisotopic (exact) mass is 344 g/mol. The number of hydrogen-bond acceptors (Lipinski definition) is 5. The van der Waals surface area contributed by atoms with Crippen molar-refractivity contribution < 1.29 is 9.47 Å². The summed E-state index contributed by atoms with van der Waals surface area (Å²) in [6.07, 6.45) is 2.44. The van der Waals surface area contributed by atoms with E-state index in [-0.39, 0.29) is 5.69 Å². The van der Waals surface area contributed by atoms with Gasteiger partial charge in [-0.05, 0) is 37.0 Å². The molecule has 0 N–H and O–H groups in total. The Balaban J connectivity index is 1.52. The first-order chi connectivity index (χ1) is 12.2. The zero-order chi connectivity index (χ0) is 17.4. The molecular formula is C18H24N4O3. The average Bonchev–Trinajstić information content (AvgIpc) is 3.39. The van der Waals surface area contributed by atoms with Crippen molar-refractivity contribution in [1.29, 1.82) is 0 Å². The summed E-state index contributed by atoms with van der Waals surface area (Å²) in [5.41, 5.74) is 1.12. The highest BCUT2D eigenvalue weighted by Gasteiger charge is 2.27. The lowest BCUT2D eigenvalue weighted by molar-refractivity contribution is 0.204. The Morgan fingerprint density at radius 3 is 2.76 bits per heavy atom. The van der Waals surface area contributed by atoms with Crippen molar-refractivity contribution in [3.8, 4) is 11.5 Å². The minimum Gasteiger partial charge on any atom is -0.497 e. The van der Waals surface area contributed by atoms with Crippen molar-refractivity contribution in [1.82, 2.24) is 19.2 Å². The fraction of sp³-hybridized carbons (Fsp3) is 0.556. The summed E-state index contributed by atoms with van der Waals surface area (Å²) in [7, 11) is 3.34. The lowest BCUT2D eigenvalue weighted by atomic mass is 10.1. The van der Waals surface area contributed by atoms with Gasteiger partial charge in [0.15, 0.2) is 0 Å². The van der Waals surface area contributed by atoms with E-state index >= 15 is 0 Å². The number of fused-ring (bicyclic) bond motifs is 1. The van der Waals surface area contributed by atoms with Crippen LogP contribution in [0.25, 0.3) is 0 Å². The van der Waals surface area contributed by atoms with Crippen LogP contribution in [0.2, 0.25) is 0 Å². The first kappa shape index (κ1) is 16.2. The van der Waals surface area contributed by atoms with Crippen LogP contribution in [-0.2, 0) is 26.2 Å². The summed E-state index contributed by atoms with van der Waals surface area (Å²) in [5.74, 6) is 3.17. The maximum absolute atomic E-state index is 12.4. The molecule has 0 saturated heterocycles. The molecule has 0 spiro atoms. The van der Waals surface area contributed by atoms with Gasteiger partial charge in [-0.3, -0.25) is 9.47 Å². The Morgan fingerprint density at radius 1 is 1.20 bits per heavy atom. The zero-order valence-corrected chi connectivity index (χ0v) is 14.8. The molecule has 1 aliphatic heterocycles. The van der Waals surface area contributed by atoms with Gasteiger partial charge >= 0.3 is 5.69 Å². The van der Waals surface area contributed by atoms with Crippen molar-refractivity contribution in [3.05, 3.63) is 40.1 Å². The van der Waals surface area contributed by atoms with Gasteiger partial charge in [0.05, 0.1) is 20.8 Å². The number of aromatic nitrogens is 3. The van der Waals surface area contributed by atoms with E-state index in [9.17, 15) is 4.79 Å².